The van der Waals surface area contributed by atoms with Gasteiger partial charge in [0.05, 0.1) is 0 Å². The molecule has 6 nitrogen and oxygen atoms in total. The van der Waals surface area contributed by atoms with Crippen molar-refractivity contribution in [2.45, 2.75) is 322 Å². The molecule has 0 aromatic heterocycles. The van der Waals surface area contributed by atoms with Gasteiger partial charge >= 0.3 is 17.9 Å². The molecule has 0 aromatic rings. The zero-order valence-corrected chi connectivity index (χ0v) is 53.0. The van der Waals surface area contributed by atoms with E-state index in [1.54, 1.807) is 0 Å². The average Bonchev–Trinajstić information content (AvgIpc) is 3.47. The maximum atomic E-state index is 12.9. The van der Waals surface area contributed by atoms with Crippen molar-refractivity contribution in [1.82, 2.24) is 0 Å². The van der Waals surface area contributed by atoms with E-state index < -0.39 is 6.10 Å². The summed E-state index contributed by atoms with van der Waals surface area (Å²) in [6.07, 6.45) is 95.1. The molecule has 0 saturated carbocycles. The second-order valence-electron chi connectivity index (χ2n) is 22.3. The van der Waals surface area contributed by atoms with Gasteiger partial charge in [0, 0.05) is 19.3 Å². The smallest absolute Gasteiger partial charge is 0.306 e. The summed E-state index contributed by atoms with van der Waals surface area (Å²) in [6.45, 7) is 6.45. The number of allylic oxidation sites excluding steroid dienone is 20. The molecule has 0 aliphatic carbocycles. The molecule has 0 fully saturated rings. The van der Waals surface area contributed by atoms with E-state index in [1.165, 1.54) is 148 Å². The minimum atomic E-state index is -0.787. The topological polar surface area (TPSA) is 78.9 Å². The minimum Gasteiger partial charge on any atom is -0.462 e. The monoisotopic (exact) mass is 1120 g/mol. The van der Waals surface area contributed by atoms with E-state index in [4.69, 9.17) is 14.2 Å². The van der Waals surface area contributed by atoms with Gasteiger partial charge in [-0.2, -0.15) is 0 Å². The molecule has 0 aromatic carbocycles. The second kappa shape index (κ2) is 68.3. The first kappa shape index (κ1) is 76.8. The Labute approximate surface area is 501 Å². The van der Waals surface area contributed by atoms with Crippen molar-refractivity contribution >= 4 is 17.9 Å². The van der Waals surface area contributed by atoms with Crippen LogP contribution in [0.15, 0.2) is 122 Å². The molecule has 81 heavy (non-hydrogen) atoms. The fourth-order valence-corrected chi connectivity index (χ4v) is 9.34. The number of hydrogen-bond acceptors (Lipinski definition) is 6. The summed E-state index contributed by atoms with van der Waals surface area (Å²) in [4.78, 5) is 38.2. The number of carbonyl (C=O) groups excluding carboxylic acids is 3. The van der Waals surface area contributed by atoms with Gasteiger partial charge in [-0.15, -0.1) is 0 Å². The summed E-state index contributed by atoms with van der Waals surface area (Å²) in [6, 6.07) is 0. The average molecular weight is 1120 g/mol. The molecule has 0 radical (unpaired) electrons. The Morgan fingerprint density at radius 3 is 0.815 bits per heavy atom. The summed E-state index contributed by atoms with van der Waals surface area (Å²) in [5.41, 5.74) is 0. The van der Waals surface area contributed by atoms with Gasteiger partial charge in [0.25, 0.3) is 0 Å². The lowest BCUT2D eigenvalue weighted by Gasteiger charge is -2.18. The van der Waals surface area contributed by atoms with Crippen LogP contribution < -0.4 is 0 Å². The summed E-state index contributed by atoms with van der Waals surface area (Å²) >= 11 is 0. The lowest BCUT2D eigenvalue weighted by molar-refractivity contribution is -0.167. The van der Waals surface area contributed by atoms with Crippen LogP contribution in [0.5, 0.6) is 0 Å². The fourth-order valence-electron chi connectivity index (χ4n) is 9.34. The fraction of sp³-hybridized carbons (Fsp3) is 0.693. The number of hydrogen-bond donors (Lipinski definition) is 0. The van der Waals surface area contributed by atoms with Crippen LogP contribution >= 0.6 is 0 Å². The Morgan fingerprint density at radius 1 is 0.259 bits per heavy atom. The van der Waals surface area contributed by atoms with Crippen molar-refractivity contribution in [3.8, 4) is 0 Å². The normalized spacial score (nSPS) is 12.9. The van der Waals surface area contributed by atoms with Gasteiger partial charge in [-0.25, -0.2) is 0 Å². The first-order valence-electron chi connectivity index (χ1n) is 34.0. The molecular formula is C75H126O6. The van der Waals surface area contributed by atoms with Crippen molar-refractivity contribution in [3.63, 3.8) is 0 Å². The standard InChI is InChI=1S/C75H126O6/c1-4-7-10-13-16-19-22-24-26-28-30-31-32-33-34-35-36-37-38-39-40-41-42-43-44-45-46-48-49-51-53-56-59-62-65-68-74(77)80-71-72(70-79-73(76)67-64-61-58-55-21-18-15-12-9-6-3)81-75(78)69-66-63-60-57-54-52-50-47-29-27-25-23-20-17-14-11-8-5-2/h7,10,12,15-16,19-20,23-24,26-27,29-31,33-34,36-37,39-40,72H,4-6,8-9,11,13-14,17-18,21-22,25,28,32,35,38,41-71H2,1-3H3/b10-7-,15-12-,19-16-,23-20-,26-24-,29-27-,31-30-,34-33-,37-36-,40-39-. The molecular weight excluding hydrogens is 997 g/mol. The largest absolute Gasteiger partial charge is 0.462 e. The van der Waals surface area contributed by atoms with E-state index in [-0.39, 0.29) is 31.1 Å². The molecule has 0 aliphatic heterocycles. The Balaban J connectivity index is 4.15. The summed E-state index contributed by atoms with van der Waals surface area (Å²) in [5.74, 6) is -0.897. The molecule has 0 bridgehead atoms. The molecule has 1 atom stereocenters. The molecule has 1 unspecified atom stereocenters. The first-order valence-corrected chi connectivity index (χ1v) is 34.0. The number of rotatable bonds is 61. The molecule has 0 spiro atoms. The molecule has 0 N–H and O–H groups in total. The van der Waals surface area contributed by atoms with Gasteiger partial charge in [-0.1, -0.05) is 290 Å². The van der Waals surface area contributed by atoms with Gasteiger partial charge in [-0.3, -0.25) is 14.4 Å². The third-order valence-electron chi connectivity index (χ3n) is 14.4. The maximum absolute atomic E-state index is 12.9. The molecule has 0 aliphatic rings. The van der Waals surface area contributed by atoms with Crippen LogP contribution in [0.2, 0.25) is 0 Å². The van der Waals surface area contributed by atoms with Gasteiger partial charge in [0.15, 0.2) is 6.10 Å². The summed E-state index contributed by atoms with van der Waals surface area (Å²) < 4.78 is 16.9. The van der Waals surface area contributed by atoms with E-state index in [9.17, 15) is 14.4 Å². The molecule has 462 valence electrons. The zero-order valence-electron chi connectivity index (χ0n) is 53.0. The summed E-state index contributed by atoms with van der Waals surface area (Å²) in [7, 11) is 0. The quantitative estimate of drug-likeness (QED) is 0.0261. The lowest BCUT2D eigenvalue weighted by atomic mass is 10.0. The van der Waals surface area contributed by atoms with Crippen molar-refractivity contribution < 1.29 is 28.6 Å². The molecule has 0 amide bonds. The van der Waals surface area contributed by atoms with Crippen LogP contribution in [0.3, 0.4) is 0 Å². The number of unbranched alkanes of at least 4 members (excludes halogenated alkanes) is 30. The van der Waals surface area contributed by atoms with E-state index in [2.05, 4.69) is 142 Å². The van der Waals surface area contributed by atoms with Crippen molar-refractivity contribution in [2.24, 2.45) is 0 Å². The Kier molecular flexibility index (Phi) is 64.8. The van der Waals surface area contributed by atoms with Gasteiger partial charge in [0.2, 0.25) is 0 Å². The number of ether oxygens (including phenoxy) is 3. The second-order valence-corrected chi connectivity index (χ2v) is 22.3. The third kappa shape index (κ3) is 66.5. The van der Waals surface area contributed by atoms with Crippen molar-refractivity contribution in [2.75, 3.05) is 13.2 Å². The maximum Gasteiger partial charge on any atom is 0.306 e. The number of esters is 3. The van der Waals surface area contributed by atoms with Crippen molar-refractivity contribution in [1.29, 1.82) is 0 Å². The van der Waals surface area contributed by atoms with Crippen LogP contribution in [0.25, 0.3) is 0 Å². The van der Waals surface area contributed by atoms with Crippen LogP contribution in [0.4, 0.5) is 0 Å². The summed E-state index contributed by atoms with van der Waals surface area (Å²) in [5, 5.41) is 0. The van der Waals surface area contributed by atoms with E-state index >= 15 is 0 Å². The highest BCUT2D eigenvalue weighted by atomic mass is 16.6. The first-order chi connectivity index (χ1) is 40.0. The molecule has 0 rings (SSSR count). The van der Waals surface area contributed by atoms with Crippen LogP contribution in [-0.2, 0) is 28.6 Å². The van der Waals surface area contributed by atoms with Crippen LogP contribution in [-0.4, -0.2) is 37.2 Å². The third-order valence-corrected chi connectivity index (χ3v) is 14.4. The lowest BCUT2D eigenvalue weighted by Crippen LogP contribution is -2.30. The SMILES string of the molecule is CC/C=C\C/C=C\C/C=C\C/C=C\C/C=C\C/C=C\C/C=C\CCCCCCCCCCCCCCCC(=O)OCC(COC(=O)CCCCCCC/C=C\CCC)OC(=O)CCCCCCCCC/C=C\C/C=C\CCCCCC. The molecule has 0 saturated heterocycles. The van der Waals surface area contributed by atoms with Gasteiger partial charge in [0.1, 0.15) is 13.2 Å². The Bertz CT molecular complexity index is 1670. The highest BCUT2D eigenvalue weighted by Crippen LogP contribution is 2.16. The van der Waals surface area contributed by atoms with Crippen LogP contribution in [0, 0.1) is 0 Å². The van der Waals surface area contributed by atoms with E-state index in [0.717, 1.165) is 128 Å². The zero-order chi connectivity index (χ0) is 58.5. The van der Waals surface area contributed by atoms with Crippen molar-refractivity contribution in [3.05, 3.63) is 122 Å². The minimum absolute atomic E-state index is 0.0841. The Morgan fingerprint density at radius 2 is 0.506 bits per heavy atom. The number of carbonyl (C=O) groups is 3. The highest BCUT2D eigenvalue weighted by molar-refractivity contribution is 5.71. The predicted molar refractivity (Wildman–Crippen MR) is 353 cm³/mol. The van der Waals surface area contributed by atoms with Gasteiger partial charge in [-0.05, 0) is 128 Å². The highest BCUT2D eigenvalue weighted by Gasteiger charge is 2.19. The predicted octanol–water partition coefficient (Wildman–Crippen LogP) is 23.6. The molecule has 6 heteroatoms. The van der Waals surface area contributed by atoms with Gasteiger partial charge < -0.3 is 14.2 Å². The van der Waals surface area contributed by atoms with E-state index in [1.807, 2.05) is 0 Å². The van der Waals surface area contributed by atoms with E-state index in [0.29, 0.717) is 19.3 Å². The van der Waals surface area contributed by atoms with Crippen LogP contribution in [0.1, 0.15) is 316 Å². The molecule has 0 heterocycles. The Hall–Kier alpha value is -4.19.